The fourth-order valence-electron chi connectivity index (χ4n) is 1.48. The van der Waals surface area contributed by atoms with Gasteiger partial charge in [-0.25, -0.2) is 4.98 Å². The minimum Gasteiger partial charge on any atom is -0.384 e. The highest BCUT2D eigenvalue weighted by molar-refractivity contribution is 7.10. The number of nitrogens with zero attached hydrogens (tertiary/aromatic N) is 1. The molecule has 3 N–H and O–H groups in total. The van der Waals surface area contributed by atoms with E-state index in [4.69, 9.17) is 5.73 Å². The summed E-state index contributed by atoms with van der Waals surface area (Å²) in [5.41, 5.74) is 6.06. The zero-order valence-electron chi connectivity index (χ0n) is 9.38. The molecule has 0 aliphatic heterocycles. The fourth-order valence-corrected chi connectivity index (χ4v) is 2.21. The third-order valence-electron chi connectivity index (χ3n) is 2.36. The predicted molar refractivity (Wildman–Crippen MR) is 68.8 cm³/mol. The van der Waals surface area contributed by atoms with Crippen LogP contribution in [0.1, 0.15) is 28.2 Å². The number of anilines is 1. The SMILES string of the molecule is CC(NC(=O)c1ccnc(N)c1)c1cccs1. The lowest BCUT2D eigenvalue weighted by atomic mass is 10.2. The van der Waals surface area contributed by atoms with Gasteiger partial charge >= 0.3 is 0 Å². The molecule has 88 valence electrons. The number of thiophene rings is 1. The minimum atomic E-state index is -0.139. The highest BCUT2D eigenvalue weighted by Crippen LogP contribution is 2.18. The molecule has 1 atom stereocenters. The van der Waals surface area contributed by atoms with Gasteiger partial charge in [0.15, 0.2) is 0 Å². The molecule has 0 spiro atoms. The summed E-state index contributed by atoms with van der Waals surface area (Å²) in [6, 6.07) is 7.17. The summed E-state index contributed by atoms with van der Waals surface area (Å²) in [7, 11) is 0. The van der Waals surface area contributed by atoms with Crippen molar-refractivity contribution in [1.82, 2.24) is 10.3 Å². The van der Waals surface area contributed by atoms with Crippen molar-refractivity contribution in [3.05, 3.63) is 46.3 Å². The molecule has 5 heteroatoms. The lowest BCUT2D eigenvalue weighted by Gasteiger charge is -2.12. The van der Waals surface area contributed by atoms with Crippen LogP contribution in [-0.4, -0.2) is 10.9 Å². The summed E-state index contributed by atoms with van der Waals surface area (Å²) in [5, 5.41) is 4.90. The van der Waals surface area contributed by atoms with Gasteiger partial charge in [-0.1, -0.05) is 6.07 Å². The van der Waals surface area contributed by atoms with E-state index in [0.717, 1.165) is 4.88 Å². The largest absolute Gasteiger partial charge is 0.384 e. The Hall–Kier alpha value is -1.88. The average Bonchev–Trinajstić information content (AvgIpc) is 2.82. The first-order valence-corrected chi connectivity index (χ1v) is 6.10. The van der Waals surface area contributed by atoms with Crippen molar-refractivity contribution in [2.45, 2.75) is 13.0 Å². The van der Waals surface area contributed by atoms with Gasteiger partial charge in [-0.3, -0.25) is 4.79 Å². The van der Waals surface area contributed by atoms with Crippen LogP contribution in [0.2, 0.25) is 0 Å². The molecule has 2 aromatic rings. The van der Waals surface area contributed by atoms with Crippen LogP contribution in [-0.2, 0) is 0 Å². The molecule has 2 heterocycles. The predicted octanol–water partition coefficient (Wildman–Crippen LogP) is 2.22. The van der Waals surface area contributed by atoms with Crippen LogP contribution in [0.25, 0.3) is 0 Å². The van der Waals surface area contributed by atoms with Gasteiger partial charge in [-0.2, -0.15) is 0 Å². The van der Waals surface area contributed by atoms with E-state index >= 15 is 0 Å². The van der Waals surface area contributed by atoms with E-state index in [0.29, 0.717) is 11.4 Å². The monoisotopic (exact) mass is 247 g/mol. The van der Waals surface area contributed by atoms with E-state index in [1.807, 2.05) is 24.4 Å². The van der Waals surface area contributed by atoms with Crippen molar-refractivity contribution >= 4 is 23.1 Å². The Kier molecular flexibility index (Phi) is 3.39. The van der Waals surface area contributed by atoms with Crippen LogP contribution >= 0.6 is 11.3 Å². The van der Waals surface area contributed by atoms with Crippen molar-refractivity contribution in [2.75, 3.05) is 5.73 Å². The first-order valence-electron chi connectivity index (χ1n) is 5.22. The molecule has 0 aromatic carbocycles. The minimum absolute atomic E-state index is 0.00288. The summed E-state index contributed by atoms with van der Waals surface area (Å²) < 4.78 is 0. The Morgan fingerprint density at radius 1 is 1.53 bits per heavy atom. The average molecular weight is 247 g/mol. The quantitative estimate of drug-likeness (QED) is 0.873. The first kappa shape index (κ1) is 11.6. The topological polar surface area (TPSA) is 68.0 Å². The van der Waals surface area contributed by atoms with Gasteiger partial charge in [0.1, 0.15) is 5.82 Å². The van der Waals surface area contributed by atoms with E-state index in [-0.39, 0.29) is 11.9 Å². The maximum absolute atomic E-state index is 11.9. The third-order valence-corrected chi connectivity index (χ3v) is 3.42. The standard InChI is InChI=1S/C12H13N3OS/c1-8(10-3-2-6-17-10)15-12(16)9-4-5-14-11(13)7-9/h2-8H,1H3,(H2,13,14)(H,15,16). The Balaban J connectivity index is 2.07. The van der Waals surface area contributed by atoms with Crippen molar-refractivity contribution in [2.24, 2.45) is 0 Å². The summed E-state index contributed by atoms with van der Waals surface area (Å²) in [5.74, 6) is 0.210. The fraction of sp³-hybridized carbons (Fsp3) is 0.167. The molecule has 0 bridgehead atoms. The molecule has 0 saturated carbocycles. The number of rotatable bonds is 3. The van der Waals surface area contributed by atoms with Gasteiger partial charge in [0.2, 0.25) is 0 Å². The molecule has 1 amide bonds. The molecule has 2 aromatic heterocycles. The third kappa shape index (κ3) is 2.82. The van der Waals surface area contributed by atoms with Crippen LogP contribution in [0.4, 0.5) is 5.82 Å². The molecule has 1 unspecified atom stereocenters. The Morgan fingerprint density at radius 3 is 3.00 bits per heavy atom. The summed E-state index contributed by atoms with van der Waals surface area (Å²) >= 11 is 1.62. The van der Waals surface area contributed by atoms with Gasteiger partial charge in [-0.15, -0.1) is 11.3 Å². The molecular weight excluding hydrogens is 234 g/mol. The van der Waals surface area contributed by atoms with Crippen molar-refractivity contribution in [3.8, 4) is 0 Å². The van der Waals surface area contributed by atoms with E-state index in [9.17, 15) is 4.79 Å². The maximum atomic E-state index is 11.9. The maximum Gasteiger partial charge on any atom is 0.251 e. The second-order valence-corrected chi connectivity index (χ2v) is 4.66. The molecular formula is C12H13N3OS. The smallest absolute Gasteiger partial charge is 0.251 e. The van der Waals surface area contributed by atoms with Gasteiger partial charge < -0.3 is 11.1 Å². The number of aromatic nitrogens is 1. The summed E-state index contributed by atoms with van der Waals surface area (Å²) in [4.78, 5) is 16.9. The number of amides is 1. The number of pyridine rings is 1. The lowest BCUT2D eigenvalue weighted by Crippen LogP contribution is -2.26. The van der Waals surface area contributed by atoms with Crippen LogP contribution in [0.5, 0.6) is 0 Å². The number of carbonyl (C=O) groups excluding carboxylic acids is 1. The zero-order chi connectivity index (χ0) is 12.3. The lowest BCUT2D eigenvalue weighted by molar-refractivity contribution is 0.0940. The van der Waals surface area contributed by atoms with E-state index in [2.05, 4.69) is 10.3 Å². The molecule has 0 fully saturated rings. The van der Waals surface area contributed by atoms with E-state index in [1.165, 1.54) is 6.20 Å². The van der Waals surface area contributed by atoms with Gasteiger partial charge in [0.05, 0.1) is 6.04 Å². The molecule has 0 saturated heterocycles. The normalized spacial score (nSPS) is 12.1. The second kappa shape index (κ2) is 4.97. The number of hydrogen-bond donors (Lipinski definition) is 2. The number of nitrogen functional groups attached to an aromatic ring is 1. The van der Waals surface area contributed by atoms with Gasteiger partial charge in [-0.05, 0) is 30.5 Å². The molecule has 0 radical (unpaired) electrons. The Labute approximate surface area is 103 Å². The van der Waals surface area contributed by atoms with Crippen molar-refractivity contribution in [1.29, 1.82) is 0 Å². The van der Waals surface area contributed by atoms with E-state index in [1.54, 1.807) is 23.5 Å². The van der Waals surface area contributed by atoms with Gasteiger partial charge in [0.25, 0.3) is 5.91 Å². The van der Waals surface area contributed by atoms with Crippen LogP contribution < -0.4 is 11.1 Å². The molecule has 4 nitrogen and oxygen atoms in total. The number of hydrogen-bond acceptors (Lipinski definition) is 4. The number of nitrogens with one attached hydrogen (secondary N) is 1. The Bertz CT molecular complexity index is 510. The molecule has 17 heavy (non-hydrogen) atoms. The molecule has 0 aliphatic carbocycles. The summed E-state index contributed by atoms with van der Waals surface area (Å²) in [6.07, 6.45) is 1.53. The molecule has 0 aliphatic rings. The summed E-state index contributed by atoms with van der Waals surface area (Å²) in [6.45, 7) is 1.95. The van der Waals surface area contributed by atoms with Gasteiger partial charge in [0, 0.05) is 16.6 Å². The highest BCUT2D eigenvalue weighted by atomic mass is 32.1. The van der Waals surface area contributed by atoms with Crippen molar-refractivity contribution < 1.29 is 4.79 Å². The van der Waals surface area contributed by atoms with Crippen LogP contribution in [0.3, 0.4) is 0 Å². The molecule has 2 rings (SSSR count). The van der Waals surface area contributed by atoms with Crippen LogP contribution in [0, 0.1) is 0 Å². The Morgan fingerprint density at radius 2 is 2.35 bits per heavy atom. The zero-order valence-corrected chi connectivity index (χ0v) is 10.2. The number of carbonyl (C=O) groups is 1. The highest BCUT2D eigenvalue weighted by Gasteiger charge is 2.12. The van der Waals surface area contributed by atoms with E-state index < -0.39 is 0 Å². The van der Waals surface area contributed by atoms with Crippen LogP contribution in [0.15, 0.2) is 35.8 Å². The number of nitrogens with two attached hydrogens (primary N) is 1. The second-order valence-electron chi connectivity index (χ2n) is 3.68. The first-order chi connectivity index (χ1) is 8.16. The van der Waals surface area contributed by atoms with Crippen molar-refractivity contribution in [3.63, 3.8) is 0 Å².